The Balaban J connectivity index is 1.08. The lowest BCUT2D eigenvalue weighted by atomic mass is 9.86. The molecule has 4 aliphatic rings. The van der Waals surface area contributed by atoms with Gasteiger partial charge < -0.3 is 40.7 Å². The standard InChI is InChI=1S/C49H60N8O9S/c1-27(2)50-47-53-37(26-67-47)36-22-39(33-19-18-29(65-6)20-35(33)51-36)66-30-21-38-41(58)55-49(45(62)63)23-28(49)14-10-8-7-9-11-17-34(44(61)56(38)24-30)52-46(64)54-40(48(3,4)5)25-57-42(59)31-15-12-13-16-32(31)43(57)60/h12-13,15-16,18-20,22,26-28,30,34,38,40H,7-11,14,17,21,23-25H2,1-6H3,(H,50,53)(H,55,58)(H,62,63)(H2,52,54,64)/t28?,30-,34+,38+,40-,49-/m1/s1. The molecule has 5 heterocycles. The van der Waals surface area contributed by atoms with Crippen molar-refractivity contribution in [2.75, 3.05) is 25.5 Å². The highest BCUT2D eigenvalue weighted by Gasteiger charge is 2.62. The fraction of sp³-hybridized carbons (Fsp3) is 0.510. The average Bonchev–Trinajstić information content (AvgIpc) is 3.51. The third-order valence-corrected chi connectivity index (χ3v) is 14.1. The number of fused-ring (bicyclic) bond motifs is 4. The maximum atomic E-state index is 15.0. The number of carbonyl (C=O) groups excluding carboxylic acids is 5. The molecule has 1 saturated carbocycles. The maximum absolute atomic E-state index is 15.0. The molecule has 6 atom stereocenters. The van der Waals surface area contributed by atoms with E-state index in [9.17, 15) is 29.1 Å². The Morgan fingerprint density at radius 2 is 1.66 bits per heavy atom. The summed E-state index contributed by atoms with van der Waals surface area (Å²) in [7, 11) is 1.57. The summed E-state index contributed by atoms with van der Waals surface area (Å²) in [6, 6.07) is 10.4. The molecular weight excluding hydrogens is 877 g/mol. The maximum Gasteiger partial charge on any atom is 0.329 e. The lowest BCUT2D eigenvalue weighted by Gasteiger charge is -2.35. The number of nitrogens with one attached hydrogen (secondary N) is 4. The number of carboxylic acid groups (broad SMARTS) is 1. The molecule has 1 aliphatic carbocycles. The summed E-state index contributed by atoms with van der Waals surface area (Å²) < 4.78 is 12.3. The molecule has 0 bridgehead atoms. The highest BCUT2D eigenvalue weighted by molar-refractivity contribution is 7.14. The van der Waals surface area contributed by atoms with Crippen LogP contribution in [0.3, 0.4) is 0 Å². The fourth-order valence-electron chi connectivity index (χ4n) is 9.45. The van der Waals surface area contributed by atoms with E-state index in [0.29, 0.717) is 64.2 Å². The predicted octanol–water partition coefficient (Wildman–Crippen LogP) is 6.62. The zero-order valence-corrected chi connectivity index (χ0v) is 39.7. The van der Waals surface area contributed by atoms with E-state index in [1.54, 1.807) is 49.6 Å². The number of carbonyl (C=O) groups is 6. The van der Waals surface area contributed by atoms with Crippen LogP contribution in [-0.4, -0.2) is 117 Å². The quantitative estimate of drug-likeness (QED) is 0.100. The van der Waals surface area contributed by atoms with Crippen molar-refractivity contribution in [3.63, 3.8) is 0 Å². The molecule has 8 rings (SSSR count). The van der Waals surface area contributed by atoms with E-state index < -0.39 is 70.8 Å². The summed E-state index contributed by atoms with van der Waals surface area (Å²) in [5, 5.41) is 25.8. The van der Waals surface area contributed by atoms with Crippen LogP contribution in [0.2, 0.25) is 0 Å². The Kier molecular flexibility index (Phi) is 13.5. The van der Waals surface area contributed by atoms with Gasteiger partial charge in [-0.2, -0.15) is 0 Å². The molecule has 17 nitrogen and oxygen atoms in total. The average molecular weight is 937 g/mol. The van der Waals surface area contributed by atoms with Crippen LogP contribution in [0.1, 0.15) is 113 Å². The number of benzene rings is 2. The molecule has 3 fully saturated rings. The second kappa shape index (κ2) is 19.1. The van der Waals surface area contributed by atoms with E-state index in [4.69, 9.17) is 19.4 Å². The van der Waals surface area contributed by atoms with Crippen LogP contribution in [0.15, 0.2) is 53.9 Å². The summed E-state index contributed by atoms with van der Waals surface area (Å²) in [5.74, 6) is -2.32. The molecule has 1 unspecified atom stereocenters. The molecule has 6 amide bonds. The molecule has 2 aromatic carbocycles. The monoisotopic (exact) mass is 936 g/mol. The Morgan fingerprint density at radius 3 is 2.33 bits per heavy atom. The summed E-state index contributed by atoms with van der Waals surface area (Å²) in [4.78, 5) is 95.4. The SMILES string of the molecule is COc1ccc2c(O[C@@H]3C[C@H]4C(=O)N[C@]5(C(=O)O)CC5CCCCCCC[C@H](NC(=O)N[C@H](CN5C(=O)c6ccccc6C5=O)C(C)(C)C)C(=O)N4C3)cc(-c3csc(NC(C)C)n3)nc2c1. The number of imide groups is 1. The van der Waals surface area contributed by atoms with Crippen LogP contribution in [0, 0.1) is 11.3 Å². The number of pyridine rings is 1. The first-order valence-electron chi connectivity index (χ1n) is 23.2. The Labute approximate surface area is 393 Å². The van der Waals surface area contributed by atoms with Crippen molar-refractivity contribution in [3.05, 3.63) is 65.0 Å². The molecule has 5 N–H and O–H groups in total. The molecule has 2 saturated heterocycles. The van der Waals surface area contributed by atoms with Crippen LogP contribution in [-0.2, 0) is 14.4 Å². The van der Waals surface area contributed by atoms with E-state index in [1.807, 2.05) is 46.1 Å². The van der Waals surface area contributed by atoms with Crippen molar-refractivity contribution in [2.24, 2.45) is 11.3 Å². The van der Waals surface area contributed by atoms with Crippen molar-refractivity contribution in [1.29, 1.82) is 0 Å². The Hall–Kier alpha value is -6.30. The predicted molar refractivity (Wildman–Crippen MR) is 252 cm³/mol. The Bertz CT molecular complexity index is 2540. The lowest BCUT2D eigenvalue weighted by molar-refractivity contribution is -0.145. The van der Waals surface area contributed by atoms with Gasteiger partial charge in [-0.3, -0.25) is 24.1 Å². The number of aliphatic carboxylic acids is 1. The first-order chi connectivity index (χ1) is 31.9. The van der Waals surface area contributed by atoms with Crippen molar-refractivity contribution in [1.82, 2.24) is 35.7 Å². The smallest absolute Gasteiger partial charge is 0.329 e. The molecule has 4 aromatic rings. The van der Waals surface area contributed by atoms with Gasteiger partial charge in [-0.25, -0.2) is 19.6 Å². The van der Waals surface area contributed by atoms with E-state index in [0.717, 1.165) is 35.7 Å². The van der Waals surface area contributed by atoms with Gasteiger partial charge in [0.1, 0.15) is 40.9 Å². The zero-order valence-electron chi connectivity index (χ0n) is 38.8. The summed E-state index contributed by atoms with van der Waals surface area (Å²) >= 11 is 1.45. The molecule has 3 aliphatic heterocycles. The van der Waals surface area contributed by atoms with Crippen molar-refractivity contribution < 1.29 is 43.3 Å². The van der Waals surface area contributed by atoms with Crippen LogP contribution in [0.25, 0.3) is 22.3 Å². The van der Waals surface area contributed by atoms with Gasteiger partial charge in [-0.15, -0.1) is 11.3 Å². The topological polar surface area (TPSA) is 221 Å². The van der Waals surface area contributed by atoms with Crippen molar-refractivity contribution in [3.8, 4) is 22.9 Å². The number of urea groups is 1. The van der Waals surface area contributed by atoms with Gasteiger partial charge in [0.15, 0.2) is 5.13 Å². The van der Waals surface area contributed by atoms with Crippen molar-refractivity contribution >= 4 is 63.0 Å². The first kappa shape index (κ1) is 47.2. The molecule has 0 spiro atoms. The highest BCUT2D eigenvalue weighted by Crippen LogP contribution is 2.48. The lowest BCUT2D eigenvalue weighted by Crippen LogP contribution is -2.59. The van der Waals surface area contributed by atoms with E-state index in [1.165, 1.54) is 16.2 Å². The van der Waals surface area contributed by atoms with Gasteiger partial charge in [0, 0.05) is 35.4 Å². The minimum absolute atomic E-state index is 0.0394. The molecule has 2 aromatic heterocycles. The zero-order chi connectivity index (χ0) is 47.8. The van der Waals surface area contributed by atoms with E-state index in [2.05, 4.69) is 21.3 Å². The third kappa shape index (κ3) is 10.0. The number of carboxylic acids is 1. The summed E-state index contributed by atoms with van der Waals surface area (Å²) in [6.45, 7) is 9.57. The van der Waals surface area contributed by atoms with Gasteiger partial charge in [-0.05, 0) is 68.7 Å². The number of anilines is 1. The number of methoxy groups -OCH3 is 1. The molecule has 356 valence electrons. The third-order valence-electron chi connectivity index (χ3n) is 13.4. The minimum atomic E-state index is -1.43. The number of hydrogen-bond acceptors (Lipinski definition) is 12. The second-order valence-electron chi connectivity index (χ2n) is 19.6. The number of amides is 6. The van der Waals surface area contributed by atoms with Crippen molar-refractivity contribution in [2.45, 2.75) is 128 Å². The molecule has 18 heteroatoms. The normalized spacial score (nSPS) is 23.9. The number of thiazole rings is 1. The van der Waals surface area contributed by atoms with E-state index in [-0.39, 0.29) is 37.9 Å². The van der Waals surface area contributed by atoms with Crippen LogP contribution in [0.5, 0.6) is 11.5 Å². The number of hydrogen-bond donors (Lipinski definition) is 5. The van der Waals surface area contributed by atoms with Crippen LogP contribution >= 0.6 is 11.3 Å². The minimum Gasteiger partial charge on any atom is -0.497 e. The van der Waals surface area contributed by atoms with E-state index >= 15 is 4.79 Å². The van der Waals surface area contributed by atoms with Crippen LogP contribution in [0.4, 0.5) is 9.93 Å². The fourth-order valence-corrected chi connectivity index (χ4v) is 10.3. The largest absolute Gasteiger partial charge is 0.497 e. The van der Waals surface area contributed by atoms with Gasteiger partial charge in [-0.1, -0.05) is 65.0 Å². The first-order valence-corrected chi connectivity index (χ1v) is 24.1. The van der Waals surface area contributed by atoms with Crippen LogP contribution < -0.4 is 30.7 Å². The number of aromatic nitrogens is 2. The number of nitrogens with zero attached hydrogens (tertiary/aromatic N) is 4. The highest BCUT2D eigenvalue weighted by atomic mass is 32.1. The van der Waals surface area contributed by atoms with Gasteiger partial charge in [0.25, 0.3) is 11.8 Å². The summed E-state index contributed by atoms with van der Waals surface area (Å²) in [6.07, 6.45) is 4.42. The van der Waals surface area contributed by atoms with Gasteiger partial charge >= 0.3 is 12.0 Å². The van der Waals surface area contributed by atoms with Gasteiger partial charge in [0.2, 0.25) is 11.8 Å². The van der Waals surface area contributed by atoms with Gasteiger partial charge in [0.05, 0.1) is 48.6 Å². The molecule has 67 heavy (non-hydrogen) atoms. The summed E-state index contributed by atoms with van der Waals surface area (Å²) in [5.41, 5.74) is 0.282. The molecular formula is C49H60N8O9S. The second-order valence-corrected chi connectivity index (χ2v) is 20.4. The number of rotatable bonds is 11. The number of ether oxygens (including phenoxy) is 2. The molecule has 0 radical (unpaired) electrons. The Morgan fingerprint density at radius 1 is 0.955 bits per heavy atom.